The molecule has 0 saturated carbocycles. The fourth-order valence-corrected chi connectivity index (χ4v) is 19.2. The molecule has 0 aromatic heterocycles. The molecule has 0 bridgehead atoms. The van der Waals surface area contributed by atoms with Gasteiger partial charge in [0.15, 0.2) is 21.4 Å². The normalized spacial score (nSPS) is 12.3. The van der Waals surface area contributed by atoms with Gasteiger partial charge in [0, 0.05) is 47.7 Å². The van der Waals surface area contributed by atoms with Gasteiger partial charge >= 0.3 is 0 Å². The van der Waals surface area contributed by atoms with Crippen LogP contribution in [-0.2, 0) is 13.7 Å². The lowest BCUT2D eigenvalue weighted by molar-refractivity contribution is 0.592. The van der Waals surface area contributed by atoms with Crippen molar-refractivity contribution in [3.05, 3.63) is 273 Å². The Morgan fingerprint density at radius 1 is 0.153 bits per heavy atom. The van der Waals surface area contributed by atoms with Crippen molar-refractivity contribution in [3.63, 3.8) is 0 Å². The lowest BCUT2D eigenvalue weighted by atomic mass is 10.1. The quantitative estimate of drug-likeness (QED) is 0.135. The van der Waals surface area contributed by atoms with Crippen molar-refractivity contribution >= 4 is 134 Å². The molecule has 6 heteroatoms. The van der Waals surface area contributed by atoms with Gasteiger partial charge in [0.05, 0.1) is 0 Å². The van der Waals surface area contributed by atoms with Gasteiger partial charge in [-0.25, -0.2) is 0 Å². The van der Waals surface area contributed by atoms with Gasteiger partial charge in [0.2, 0.25) is 0 Å². The highest BCUT2D eigenvalue weighted by Gasteiger charge is 2.40. The van der Waals surface area contributed by atoms with Crippen LogP contribution in [0.4, 0.5) is 0 Å². The van der Waals surface area contributed by atoms with Crippen molar-refractivity contribution in [1.82, 2.24) is 0 Å². The minimum atomic E-state index is -3.94. The molecule has 0 radical (unpaired) electrons. The van der Waals surface area contributed by atoms with Crippen molar-refractivity contribution < 1.29 is 13.7 Å². The van der Waals surface area contributed by atoms with Crippen molar-refractivity contribution in [2.75, 3.05) is 0 Å². The summed E-state index contributed by atoms with van der Waals surface area (Å²) in [5, 5.41) is 16.9. The molecule has 0 aliphatic heterocycles. The van der Waals surface area contributed by atoms with Gasteiger partial charge in [0.1, 0.15) is 0 Å². The van der Waals surface area contributed by atoms with E-state index in [1.54, 1.807) is 0 Å². The maximum atomic E-state index is 17.5. The zero-order valence-corrected chi connectivity index (χ0v) is 41.7. The van der Waals surface area contributed by atoms with Crippen LogP contribution in [0.15, 0.2) is 273 Å². The summed E-state index contributed by atoms with van der Waals surface area (Å²) in [5.74, 6) is 0. The SMILES string of the molecule is O=P(c1cc(P(=O)(c2ccc3ccccc3c2)c2ccc3ccccc3c2)cc(P(=O)(c2ccc3ccccc3c2)c2ccc3ccccc3c2)c1)(c1ccc2ccccc2c1)c1ccc2ccccc2c1. The van der Waals surface area contributed by atoms with E-state index in [1.165, 1.54) is 0 Å². The van der Waals surface area contributed by atoms with Crippen LogP contribution in [0.5, 0.6) is 0 Å². The molecule has 13 aromatic rings. The molecule has 0 heterocycles. The van der Waals surface area contributed by atoms with E-state index in [4.69, 9.17) is 0 Å². The summed E-state index contributed by atoms with van der Waals surface area (Å²) in [4.78, 5) is 0. The molecule has 13 rings (SSSR count). The molecule has 0 amide bonds. The predicted octanol–water partition coefficient (Wildman–Crippen LogP) is 13.5. The first-order valence-corrected chi connectivity index (χ1v) is 29.3. The smallest absolute Gasteiger partial charge is 0.171 e. The molecule has 0 spiro atoms. The summed E-state index contributed by atoms with van der Waals surface area (Å²) in [6, 6.07) is 90.8. The van der Waals surface area contributed by atoms with Crippen molar-refractivity contribution in [2.24, 2.45) is 0 Å². The Hall–Kier alpha value is -7.89. The van der Waals surface area contributed by atoms with Crippen LogP contribution in [0.2, 0.25) is 0 Å². The molecule has 3 nitrogen and oxygen atoms in total. The second-order valence-corrected chi connectivity index (χ2v) is 27.0. The van der Waals surface area contributed by atoms with Crippen LogP contribution in [0, 0.1) is 0 Å². The monoisotopic (exact) mass is 978 g/mol. The average molecular weight is 979 g/mol. The Bertz CT molecular complexity index is 3770. The fourth-order valence-electron chi connectivity index (χ4n) is 10.7. The Kier molecular flexibility index (Phi) is 10.7. The zero-order valence-electron chi connectivity index (χ0n) is 39.0. The Labute approximate surface area is 418 Å². The minimum absolute atomic E-state index is 0.448. The first kappa shape index (κ1) is 44.1. The van der Waals surface area contributed by atoms with Crippen LogP contribution < -0.4 is 47.7 Å². The maximum Gasteiger partial charge on any atom is 0.171 e. The zero-order chi connectivity index (χ0) is 48.4. The van der Waals surface area contributed by atoms with Crippen LogP contribution in [0.25, 0.3) is 64.6 Å². The third kappa shape index (κ3) is 7.31. The van der Waals surface area contributed by atoms with E-state index in [-0.39, 0.29) is 0 Å². The maximum absolute atomic E-state index is 17.5. The highest BCUT2D eigenvalue weighted by Crippen LogP contribution is 2.50. The van der Waals surface area contributed by atoms with Crippen LogP contribution in [0.1, 0.15) is 0 Å². The lowest BCUT2D eigenvalue weighted by Gasteiger charge is -2.28. The molecular formula is C66H45O3P3. The third-order valence-corrected chi connectivity index (χ3v) is 23.5. The number of rotatable bonds is 9. The van der Waals surface area contributed by atoms with Crippen LogP contribution >= 0.6 is 21.4 Å². The molecule has 72 heavy (non-hydrogen) atoms. The second-order valence-electron chi connectivity index (χ2n) is 18.7. The van der Waals surface area contributed by atoms with E-state index < -0.39 is 21.4 Å². The number of hydrogen-bond donors (Lipinski definition) is 0. The van der Waals surface area contributed by atoms with Gasteiger partial charge in [-0.3, -0.25) is 0 Å². The predicted molar refractivity (Wildman–Crippen MR) is 310 cm³/mol. The first-order chi connectivity index (χ1) is 35.2. The summed E-state index contributed by atoms with van der Waals surface area (Å²) >= 11 is 0. The standard InChI is InChI=1S/C66H45O3P3/c67-70(58-31-25-46-13-1-7-19-52(46)37-58,59-32-26-47-14-2-8-20-53(47)38-59)64-43-65(71(68,60-33-27-48-15-3-9-21-54(48)39-60)61-34-28-49-16-4-10-22-55(49)40-61)45-66(44-64)72(69,62-35-29-50-17-5-11-23-56(50)41-62)63-36-30-51-18-6-12-24-57(51)42-63/h1-45H. The van der Waals surface area contributed by atoms with Gasteiger partial charge in [-0.2, -0.15) is 0 Å². The largest absolute Gasteiger partial charge is 0.309 e. The highest BCUT2D eigenvalue weighted by atomic mass is 31.2. The van der Waals surface area contributed by atoms with Crippen molar-refractivity contribution in [1.29, 1.82) is 0 Å². The van der Waals surface area contributed by atoms with Crippen molar-refractivity contribution in [3.8, 4) is 0 Å². The third-order valence-electron chi connectivity index (χ3n) is 14.6. The van der Waals surface area contributed by atoms with Crippen LogP contribution in [-0.4, -0.2) is 0 Å². The topological polar surface area (TPSA) is 51.2 Å². The average Bonchev–Trinajstić information content (AvgIpc) is 3.45. The molecule has 13 aromatic carbocycles. The highest BCUT2D eigenvalue weighted by molar-refractivity contribution is 7.88. The summed E-state index contributed by atoms with van der Waals surface area (Å²) in [7, 11) is -11.8. The number of benzene rings is 13. The Morgan fingerprint density at radius 2 is 0.306 bits per heavy atom. The molecule has 0 saturated heterocycles. The molecule has 0 aliphatic carbocycles. The van der Waals surface area contributed by atoms with Crippen LogP contribution in [0.3, 0.4) is 0 Å². The van der Waals surface area contributed by atoms with Gasteiger partial charge in [-0.05, 0) is 119 Å². The van der Waals surface area contributed by atoms with Crippen molar-refractivity contribution in [2.45, 2.75) is 0 Å². The van der Waals surface area contributed by atoms with E-state index in [1.807, 2.05) is 237 Å². The molecule has 0 atom stereocenters. The van der Waals surface area contributed by atoms with Gasteiger partial charge < -0.3 is 13.7 Å². The fraction of sp³-hybridized carbons (Fsp3) is 0. The van der Waals surface area contributed by atoms with E-state index in [0.29, 0.717) is 47.7 Å². The molecule has 0 fully saturated rings. The summed E-state index contributed by atoms with van der Waals surface area (Å²) in [6.07, 6.45) is 0. The number of hydrogen-bond acceptors (Lipinski definition) is 3. The van der Waals surface area contributed by atoms with E-state index in [9.17, 15) is 0 Å². The molecule has 0 unspecified atom stereocenters. The van der Waals surface area contributed by atoms with Gasteiger partial charge in [-0.1, -0.05) is 218 Å². The Balaban J connectivity index is 1.19. The number of fused-ring (bicyclic) bond motifs is 6. The van der Waals surface area contributed by atoms with E-state index in [0.717, 1.165) is 64.6 Å². The minimum Gasteiger partial charge on any atom is -0.309 e. The van der Waals surface area contributed by atoms with E-state index in [2.05, 4.69) is 36.4 Å². The van der Waals surface area contributed by atoms with Gasteiger partial charge in [-0.15, -0.1) is 0 Å². The molecular weight excluding hydrogens is 934 g/mol. The summed E-state index contributed by atoms with van der Waals surface area (Å²) in [6.45, 7) is 0. The first-order valence-electron chi connectivity index (χ1n) is 24.2. The lowest BCUT2D eigenvalue weighted by Crippen LogP contribution is -2.36. The van der Waals surface area contributed by atoms with E-state index >= 15 is 13.7 Å². The van der Waals surface area contributed by atoms with Gasteiger partial charge in [0.25, 0.3) is 0 Å². The Morgan fingerprint density at radius 3 is 0.472 bits per heavy atom. The molecule has 342 valence electrons. The summed E-state index contributed by atoms with van der Waals surface area (Å²) < 4.78 is 52.6. The molecule has 0 N–H and O–H groups in total. The summed E-state index contributed by atoms with van der Waals surface area (Å²) in [5.41, 5.74) is 0. The molecule has 0 aliphatic rings. The second kappa shape index (κ2) is 17.5.